The third kappa shape index (κ3) is 6.33. The van der Waals surface area contributed by atoms with Gasteiger partial charge >= 0.3 is 0 Å². The zero-order valence-electron chi connectivity index (χ0n) is 18.4. The van der Waals surface area contributed by atoms with Gasteiger partial charge in [0.25, 0.3) is 5.56 Å². The molecule has 0 aliphatic carbocycles. The number of thioether (sulfide) groups is 1. The van der Waals surface area contributed by atoms with Crippen LogP contribution in [0.15, 0.2) is 46.2 Å². The zero-order valence-corrected chi connectivity index (χ0v) is 20.0. The molecule has 1 saturated heterocycles. The molecular weight excluding hydrogens is 432 g/mol. The summed E-state index contributed by atoms with van der Waals surface area (Å²) in [6.45, 7) is 4.14. The third-order valence-electron chi connectivity index (χ3n) is 5.46. The fourth-order valence-electron chi connectivity index (χ4n) is 3.68. The van der Waals surface area contributed by atoms with Crippen molar-refractivity contribution >= 4 is 27.5 Å². The summed E-state index contributed by atoms with van der Waals surface area (Å²) in [4.78, 5) is 16.2. The Morgan fingerprint density at radius 3 is 2.32 bits per heavy atom. The van der Waals surface area contributed by atoms with Crippen molar-refractivity contribution in [3.05, 3.63) is 46.9 Å². The first-order valence-corrected chi connectivity index (χ1v) is 13.8. The average Bonchev–Trinajstić information content (AvgIpc) is 2.77. The van der Waals surface area contributed by atoms with Gasteiger partial charge in [0.1, 0.15) is 0 Å². The largest absolute Gasteiger partial charge is 0.367 e. The molecule has 0 atom stereocenters. The van der Waals surface area contributed by atoms with E-state index in [-0.39, 0.29) is 5.56 Å². The summed E-state index contributed by atoms with van der Waals surface area (Å²) in [7, 11) is -3.20. The molecule has 1 aliphatic heterocycles. The predicted octanol–water partition coefficient (Wildman–Crippen LogP) is 3.38. The summed E-state index contributed by atoms with van der Waals surface area (Å²) in [5, 5.41) is 4.44. The molecule has 0 saturated carbocycles. The monoisotopic (exact) mass is 464 g/mol. The number of piperazine rings is 1. The number of nitrogens with zero attached hydrogens (tertiary/aromatic N) is 4. The minimum Gasteiger partial charge on any atom is -0.367 e. The van der Waals surface area contributed by atoms with E-state index in [2.05, 4.69) is 16.9 Å². The molecule has 3 rings (SSSR count). The number of aromatic nitrogens is 2. The molecule has 31 heavy (non-hydrogen) atoms. The van der Waals surface area contributed by atoms with Gasteiger partial charge in [-0.05, 0) is 24.3 Å². The Hall–Kier alpha value is -1.84. The van der Waals surface area contributed by atoms with Gasteiger partial charge in [-0.25, -0.2) is 8.42 Å². The van der Waals surface area contributed by atoms with Crippen LogP contribution in [0, 0.1) is 0 Å². The van der Waals surface area contributed by atoms with Crippen LogP contribution in [0.25, 0.3) is 5.69 Å². The highest BCUT2D eigenvalue weighted by molar-refractivity contribution is 7.99. The van der Waals surface area contributed by atoms with Crippen LogP contribution >= 0.6 is 11.8 Å². The van der Waals surface area contributed by atoms with Crippen molar-refractivity contribution in [1.82, 2.24) is 14.1 Å². The Bertz CT molecular complexity index is 1000. The maximum atomic E-state index is 13.4. The molecule has 1 fully saturated rings. The molecule has 2 heterocycles. The Balaban J connectivity index is 1.82. The molecule has 0 spiro atoms. The second-order valence-electron chi connectivity index (χ2n) is 7.82. The van der Waals surface area contributed by atoms with E-state index in [1.54, 1.807) is 18.0 Å². The maximum absolute atomic E-state index is 13.4. The van der Waals surface area contributed by atoms with E-state index >= 15 is 0 Å². The van der Waals surface area contributed by atoms with E-state index < -0.39 is 10.0 Å². The molecule has 9 heteroatoms. The van der Waals surface area contributed by atoms with Crippen molar-refractivity contribution in [3.8, 4) is 5.69 Å². The van der Waals surface area contributed by atoms with Gasteiger partial charge in [-0.3, -0.25) is 4.79 Å². The number of para-hydroxylation sites is 1. The molecule has 0 amide bonds. The number of benzene rings is 1. The fourth-order valence-corrected chi connectivity index (χ4v) is 5.60. The minimum atomic E-state index is -3.20. The van der Waals surface area contributed by atoms with Gasteiger partial charge in [0.2, 0.25) is 10.0 Å². The Morgan fingerprint density at radius 2 is 1.68 bits per heavy atom. The number of sulfonamides is 1. The van der Waals surface area contributed by atoms with Gasteiger partial charge in [0.05, 0.1) is 28.7 Å². The highest BCUT2D eigenvalue weighted by Gasteiger charge is 2.26. The second-order valence-corrected chi connectivity index (χ2v) is 10.9. The van der Waals surface area contributed by atoms with Crippen LogP contribution in [0.3, 0.4) is 0 Å². The first-order valence-electron chi connectivity index (χ1n) is 10.9. The topological polar surface area (TPSA) is 75.5 Å². The van der Waals surface area contributed by atoms with E-state index in [1.807, 2.05) is 30.3 Å². The van der Waals surface area contributed by atoms with Gasteiger partial charge in [-0.15, -0.1) is 11.8 Å². The lowest BCUT2D eigenvalue weighted by Gasteiger charge is -2.35. The van der Waals surface area contributed by atoms with Gasteiger partial charge < -0.3 is 4.90 Å². The van der Waals surface area contributed by atoms with Crippen molar-refractivity contribution in [2.75, 3.05) is 43.1 Å². The summed E-state index contributed by atoms with van der Waals surface area (Å²) < 4.78 is 26.6. The Kier molecular flexibility index (Phi) is 8.57. The van der Waals surface area contributed by atoms with E-state index in [4.69, 9.17) is 0 Å². The number of anilines is 1. The van der Waals surface area contributed by atoms with Crippen LogP contribution < -0.4 is 10.5 Å². The van der Waals surface area contributed by atoms with Gasteiger partial charge in [0.15, 0.2) is 0 Å². The molecule has 1 aliphatic rings. The van der Waals surface area contributed by atoms with Gasteiger partial charge in [-0.2, -0.15) is 14.1 Å². The van der Waals surface area contributed by atoms with Crippen LogP contribution in [0.2, 0.25) is 0 Å². The smallest absolute Gasteiger partial charge is 0.287 e. The first-order chi connectivity index (χ1) is 14.9. The predicted molar refractivity (Wildman–Crippen MR) is 128 cm³/mol. The number of hydrogen-bond acceptors (Lipinski definition) is 6. The molecule has 0 radical (unpaired) electrons. The average molecular weight is 465 g/mol. The van der Waals surface area contributed by atoms with Crippen molar-refractivity contribution in [2.45, 2.75) is 43.9 Å². The lowest BCUT2D eigenvalue weighted by molar-refractivity contribution is 0.387. The Morgan fingerprint density at radius 1 is 1.00 bits per heavy atom. The molecule has 0 unspecified atom stereocenters. The van der Waals surface area contributed by atoms with E-state index in [9.17, 15) is 13.2 Å². The van der Waals surface area contributed by atoms with E-state index in [0.717, 1.165) is 23.5 Å². The number of hydrogen-bond donors (Lipinski definition) is 0. The SMILES string of the molecule is CCCCCCCSc1c(N2CCN(S(C)(=O)=O)CC2)cnn(-c2ccccc2)c1=O. The third-order valence-corrected chi connectivity index (χ3v) is 7.93. The molecule has 0 bridgehead atoms. The highest BCUT2D eigenvalue weighted by Crippen LogP contribution is 2.29. The summed E-state index contributed by atoms with van der Waals surface area (Å²) in [5.41, 5.74) is 1.43. The fraction of sp³-hybridized carbons (Fsp3) is 0.545. The highest BCUT2D eigenvalue weighted by atomic mass is 32.2. The Labute approximate surface area is 189 Å². The van der Waals surface area contributed by atoms with Gasteiger partial charge in [0, 0.05) is 26.2 Å². The molecule has 7 nitrogen and oxygen atoms in total. The van der Waals surface area contributed by atoms with Crippen LogP contribution in [0.1, 0.15) is 39.0 Å². The van der Waals surface area contributed by atoms with Crippen LogP contribution in [0.4, 0.5) is 5.69 Å². The lowest BCUT2D eigenvalue weighted by atomic mass is 10.2. The number of unbranched alkanes of at least 4 members (excludes halogenated alkanes) is 4. The first kappa shape index (κ1) is 23.8. The molecule has 2 aromatic rings. The molecule has 170 valence electrons. The standard InChI is InChI=1S/C22H32N4O3S2/c1-3-4-5-6-10-17-30-21-20(24-13-15-25(16-14-24)31(2,28)29)18-23-26(22(21)27)19-11-8-7-9-12-19/h7-9,11-12,18H,3-6,10,13-17H2,1-2H3. The van der Waals surface area contributed by atoms with E-state index in [0.29, 0.717) is 31.1 Å². The van der Waals surface area contributed by atoms with Crippen molar-refractivity contribution in [1.29, 1.82) is 0 Å². The van der Waals surface area contributed by atoms with Crippen molar-refractivity contribution < 1.29 is 8.42 Å². The van der Waals surface area contributed by atoms with Crippen molar-refractivity contribution in [3.63, 3.8) is 0 Å². The quantitative estimate of drug-likeness (QED) is 0.396. The van der Waals surface area contributed by atoms with Crippen LogP contribution in [-0.2, 0) is 10.0 Å². The molecule has 1 aromatic carbocycles. The summed E-state index contributed by atoms with van der Waals surface area (Å²) in [5.74, 6) is 0.883. The normalized spacial score (nSPS) is 15.4. The molecule has 0 N–H and O–H groups in total. The molecular formula is C22H32N4O3S2. The van der Waals surface area contributed by atoms with Crippen LogP contribution in [0.5, 0.6) is 0 Å². The summed E-state index contributed by atoms with van der Waals surface area (Å²) in [6.07, 6.45) is 8.91. The lowest BCUT2D eigenvalue weighted by Crippen LogP contribution is -2.49. The van der Waals surface area contributed by atoms with E-state index in [1.165, 1.54) is 40.9 Å². The summed E-state index contributed by atoms with van der Waals surface area (Å²) in [6, 6.07) is 9.44. The van der Waals surface area contributed by atoms with Gasteiger partial charge in [-0.1, -0.05) is 50.8 Å². The summed E-state index contributed by atoms with van der Waals surface area (Å²) >= 11 is 1.59. The maximum Gasteiger partial charge on any atom is 0.287 e. The zero-order chi connectivity index (χ0) is 22.3. The van der Waals surface area contributed by atoms with Crippen LogP contribution in [-0.4, -0.2) is 60.7 Å². The number of rotatable bonds is 10. The molecule has 1 aromatic heterocycles. The minimum absolute atomic E-state index is 0.118. The van der Waals surface area contributed by atoms with Crippen molar-refractivity contribution in [2.24, 2.45) is 0 Å². The second kappa shape index (κ2) is 11.2.